The van der Waals surface area contributed by atoms with E-state index < -0.39 is 0 Å². The quantitative estimate of drug-likeness (QED) is 0.899. The second kappa shape index (κ2) is 5.35. The summed E-state index contributed by atoms with van der Waals surface area (Å²) in [7, 11) is 0. The average molecular weight is 288 g/mol. The number of rotatable bonds is 3. The number of nitrogens with zero attached hydrogens (tertiary/aromatic N) is 2. The maximum absolute atomic E-state index is 13.0. The number of ketones is 1. The highest BCUT2D eigenvalue weighted by Crippen LogP contribution is 2.32. The number of halogens is 1. The number of aromatic nitrogens is 2. The third kappa shape index (κ3) is 2.91. The SMILES string of the molecule is Nc1nonc1NC1=CC(=O)C[C@H](c2ccc(F)cc2)C1. The number of nitrogens with one attached hydrogen (secondary N) is 1. The lowest BCUT2D eigenvalue weighted by molar-refractivity contribution is -0.115. The lowest BCUT2D eigenvalue weighted by Gasteiger charge is -2.22. The number of benzene rings is 1. The Labute approximate surface area is 119 Å². The van der Waals surface area contributed by atoms with E-state index in [4.69, 9.17) is 5.73 Å². The minimum atomic E-state index is -0.295. The molecule has 1 heterocycles. The Morgan fingerprint density at radius 1 is 1.24 bits per heavy atom. The molecule has 1 aromatic carbocycles. The summed E-state index contributed by atoms with van der Waals surface area (Å²) >= 11 is 0. The van der Waals surface area contributed by atoms with Gasteiger partial charge in [-0.1, -0.05) is 12.1 Å². The molecule has 21 heavy (non-hydrogen) atoms. The summed E-state index contributed by atoms with van der Waals surface area (Å²) < 4.78 is 17.5. The average Bonchev–Trinajstić information content (AvgIpc) is 2.84. The van der Waals surface area contributed by atoms with Crippen LogP contribution >= 0.6 is 0 Å². The highest BCUT2D eigenvalue weighted by molar-refractivity contribution is 5.92. The highest BCUT2D eigenvalue weighted by Gasteiger charge is 2.23. The Balaban J connectivity index is 1.79. The van der Waals surface area contributed by atoms with Gasteiger partial charge in [-0.15, -0.1) is 0 Å². The van der Waals surface area contributed by atoms with Crippen LogP contribution in [0.15, 0.2) is 40.7 Å². The number of allylic oxidation sites excluding steroid dienone is 2. The fourth-order valence-corrected chi connectivity index (χ4v) is 2.38. The van der Waals surface area contributed by atoms with Gasteiger partial charge in [0.15, 0.2) is 5.78 Å². The molecule has 0 spiro atoms. The number of hydrogen-bond acceptors (Lipinski definition) is 6. The monoisotopic (exact) mass is 288 g/mol. The fraction of sp³-hybridized carbons (Fsp3) is 0.214. The summed E-state index contributed by atoms with van der Waals surface area (Å²) in [5, 5.41) is 10.0. The Bertz CT molecular complexity index is 693. The van der Waals surface area contributed by atoms with Crippen LogP contribution in [-0.2, 0) is 4.79 Å². The zero-order valence-corrected chi connectivity index (χ0v) is 11.0. The van der Waals surface area contributed by atoms with Gasteiger partial charge in [0.1, 0.15) is 5.82 Å². The Morgan fingerprint density at radius 2 is 2.00 bits per heavy atom. The van der Waals surface area contributed by atoms with Crippen LogP contribution in [0.1, 0.15) is 24.3 Å². The first-order valence-electron chi connectivity index (χ1n) is 6.46. The summed E-state index contributed by atoms with van der Waals surface area (Å²) in [4.78, 5) is 11.9. The standard InChI is InChI=1S/C14H13FN4O2/c15-10-3-1-8(2-4-10)9-5-11(7-12(20)6-9)17-14-13(16)18-21-19-14/h1-4,7,9H,5-6H2,(H2,16,18)(H,17,19)/t9-/m1/s1. The molecule has 1 atom stereocenters. The molecule has 7 heteroatoms. The molecule has 0 saturated carbocycles. The van der Waals surface area contributed by atoms with Crippen molar-refractivity contribution in [3.63, 3.8) is 0 Å². The molecule has 0 unspecified atom stereocenters. The van der Waals surface area contributed by atoms with Gasteiger partial charge < -0.3 is 11.1 Å². The van der Waals surface area contributed by atoms with Crippen LogP contribution in [0.2, 0.25) is 0 Å². The Morgan fingerprint density at radius 3 is 2.67 bits per heavy atom. The summed E-state index contributed by atoms with van der Waals surface area (Å²) in [6, 6.07) is 6.18. The van der Waals surface area contributed by atoms with Crippen LogP contribution in [0.25, 0.3) is 0 Å². The fourth-order valence-electron chi connectivity index (χ4n) is 2.38. The predicted octanol–water partition coefficient (Wildman–Crippen LogP) is 2.23. The van der Waals surface area contributed by atoms with Gasteiger partial charge in [-0.2, -0.15) is 0 Å². The van der Waals surface area contributed by atoms with Crippen molar-refractivity contribution < 1.29 is 13.8 Å². The highest BCUT2D eigenvalue weighted by atomic mass is 19.1. The van der Waals surface area contributed by atoms with Crippen LogP contribution in [0.4, 0.5) is 16.0 Å². The molecule has 1 aliphatic rings. The van der Waals surface area contributed by atoms with E-state index in [9.17, 15) is 9.18 Å². The summed E-state index contributed by atoms with van der Waals surface area (Å²) in [5.74, 6) is 0.108. The predicted molar refractivity (Wildman–Crippen MR) is 73.8 cm³/mol. The van der Waals surface area contributed by atoms with E-state index >= 15 is 0 Å². The molecule has 0 amide bonds. The van der Waals surface area contributed by atoms with Crippen LogP contribution in [0.3, 0.4) is 0 Å². The van der Waals surface area contributed by atoms with Crippen LogP contribution in [-0.4, -0.2) is 16.1 Å². The zero-order valence-electron chi connectivity index (χ0n) is 11.0. The van der Waals surface area contributed by atoms with Crippen molar-refractivity contribution in [2.45, 2.75) is 18.8 Å². The molecular weight excluding hydrogens is 275 g/mol. The molecule has 0 saturated heterocycles. The number of carbonyl (C=O) groups is 1. The molecule has 6 nitrogen and oxygen atoms in total. The van der Waals surface area contributed by atoms with Crippen molar-refractivity contribution in [3.8, 4) is 0 Å². The molecular formula is C14H13FN4O2. The van der Waals surface area contributed by atoms with Gasteiger partial charge in [0.2, 0.25) is 11.6 Å². The Kier molecular flexibility index (Phi) is 3.39. The van der Waals surface area contributed by atoms with Crippen molar-refractivity contribution in [2.24, 2.45) is 0 Å². The first kappa shape index (κ1) is 13.3. The number of nitrogens with two attached hydrogens (primary N) is 1. The van der Waals surface area contributed by atoms with Crippen molar-refractivity contribution in [3.05, 3.63) is 47.4 Å². The van der Waals surface area contributed by atoms with Gasteiger partial charge in [-0.3, -0.25) is 4.79 Å². The van der Waals surface area contributed by atoms with Gasteiger partial charge in [0, 0.05) is 18.2 Å². The van der Waals surface area contributed by atoms with E-state index in [1.807, 2.05) is 0 Å². The summed E-state index contributed by atoms with van der Waals surface area (Å²) in [5.41, 5.74) is 7.17. The lowest BCUT2D eigenvalue weighted by Crippen LogP contribution is -2.17. The third-order valence-corrected chi connectivity index (χ3v) is 3.38. The van der Waals surface area contributed by atoms with Crippen LogP contribution in [0.5, 0.6) is 0 Å². The largest absolute Gasteiger partial charge is 0.378 e. The maximum Gasteiger partial charge on any atom is 0.219 e. The molecule has 1 aliphatic carbocycles. The molecule has 0 radical (unpaired) electrons. The van der Waals surface area contributed by atoms with Gasteiger partial charge in [0.05, 0.1) is 0 Å². The molecule has 0 fully saturated rings. The smallest absolute Gasteiger partial charge is 0.219 e. The van der Waals surface area contributed by atoms with E-state index in [-0.39, 0.29) is 29.2 Å². The Hall–Kier alpha value is -2.70. The number of nitrogen functional groups attached to an aromatic ring is 1. The number of hydrogen-bond donors (Lipinski definition) is 2. The molecule has 3 rings (SSSR count). The second-order valence-electron chi connectivity index (χ2n) is 4.92. The topological polar surface area (TPSA) is 94.0 Å². The van der Waals surface area contributed by atoms with Crippen molar-refractivity contribution in [1.29, 1.82) is 0 Å². The molecule has 2 aromatic rings. The van der Waals surface area contributed by atoms with Gasteiger partial charge in [-0.05, 0) is 40.3 Å². The van der Waals surface area contributed by atoms with Gasteiger partial charge in [0.25, 0.3) is 0 Å². The van der Waals surface area contributed by atoms with Crippen molar-refractivity contribution >= 4 is 17.4 Å². The second-order valence-corrected chi connectivity index (χ2v) is 4.92. The van der Waals surface area contributed by atoms with E-state index in [2.05, 4.69) is 20.3 Å². The minimum Gasteiger partial charge on any atom is -0.378 e. The summed E-state index contributed by atoms with van der Waals surface area (Å²) in [6.07, 6.45) is 2.52. The van der Waals surface area contributed by atoms with Crippen molar-refractivity contribution in [1.82, 2.24) is 10.3 Å². The first-order chi connectivity index (χ1) is 10.1. The first-order valence-corrected chi connectivity index (χ1v) is 6.46. The molecule has 108 valence electrons. The lowest BCUT2D eigenvalue weighted by atomic mass is 9.85. The zero-order chi connectivity index (χ0) is 14.8. The number of carbonyl (C=O) groups excluding carboxylic acids is 1. The van der Waals surface area contributed by atoms with E-state index in [1.54, 1.807) is 12.1 Å². The molecule has 3 N–H and O–H groups in total. The third-order valence-electron chi connectivity index (χ3n) is 3.38. The van der Waals surface area contributed by atoms with Gasteiger partial charge >= 0.3 is 0 Å². The minimum absolute atomic E-state index is 0.00639. The van der Waals surface area contributed by atoms with E-state index in [0.717, 1.165) is 5.56 Å². The molecule has 0 bridgehead atoms. The van der Waals surface area contributed by atoms with Crippen LogP contribution < -0.4 is 11.1 Å². The molecule has 0 aliphatic heterocycles. The number of anilines is 2. The van der Waals surface area contributed by atoms with Crippen molar-refractivity contribution in [2.75, 3.05) is 11.1 Å². The van der Waals surface area contributed by atoms with E-state index in [0.29, 0.717) is 18.5 Å². The van der Waals surface area contributed by atoms with Crippen LogP contribution in [0, 0.1) is 5.82 Å². The summed E-state index contributed by atoms with van der Waals surface area (Å²) in [6.45, 7) is 0. The molecule has 1 aromatic heterocycles. The van der Waals surface area contributed by atoms with Gasteiger partial charge in [-0.25, -0.2) is 9.02 Å². The normalized spacial score (nSPS) is 18.4. The van der Waals surface area contributed by atoms with E-state index in [1.165, 1.54) is 18.2 Å². The maximum atomic E-state index is 13.0.